The topological polar surface area (TPSA) is 45.7 Å². The van der Waals surface area contributed by atoms with Gasteiger partial charge in [0.15, 0.2) is 5.13 Å². The van der Waals surface area contributed by atoms with E-state index in [2.05, 4.69) is 4.90 Å². The maximum Gasteiger partial charge on any atom is 0.234 e. The second-order valence-corrected chi connectivity index (χ2v) is 9.56. The maximum absolute atomic E-state index is 13.2. The molecular weight excluding hydrogens is 426 g/mol. The molecule has 0 spiro atoms. The summed E-state index contributed by atoms with van der Waals surface area (Å²) in [6.45, 7) is 7.12. The summed E-state index contributed by atoms with van der Waals surface area (Å²) in [6, 6.07) is 7.87. The number of aromatic nitrogens is 1. The smallest absolute Gasteiger partial charge is 0.234 e. The molecule has 154 valence electrons. The van der Waals surface area contributed by atoms with Crippen molar-refractivity contribution >= 4 is 55.5 Å². The highest BCUT2D eigenvalue weighted by molar-refractivity contribution is 7.23. The minimum absolute atomic E-state index is 0.0854. The fourth-order valence-corrected chi connectivity index (χ4v) is 5.52. The molecule has 1 aliphatic rings. The number of morpholine rings is 1. The number of amides is 1. The molecule has 5 nitrogen and oxygen atoms in total. The van der Waals surface area contributed by atoms with E-state index in [0.29, 0.717) is 18.0 Å². The van der Waals surface area contributed by atoms with Gasteiger partial charge in [-0.1, -0.05) is 35.1 Å². The lowest BCUT2D eigenvalue weighted by Crippen LogP contribution is -2.39. The van der Waals surface area contributed by atoms with Gasteiger partial charge < -0.3 is 4.74 Å². The molecule has 0 atom stereocenters. The van der Waals surface area contributed by atoms with Crippen LogP contribution in [-0.4, -0.2) is 55.2 Å². The summed E-state index contributed by atoms with van der Waals surface area (Å²) < 4.78 is 6.37. The third-order valence-electron chi connectivity index (χ3n) is 5.08. The minimum atomic E-state index is 0.0854. The molecule has 1 fully saturated rings. The molecule has 0 N–H and O–H groups in total. The number of halogens is 1. The molecule has 3 heterocycles. The number of carbonyl (C=O) groups is 1. The predicted molar refractivity (Wildman–Crippen MR) is 122 cm³/mol. The third kappa shape index (κ3) is 4.98. The van der Waals surface area contributed by atoms with E-state index in [1.807, 2.05) is 41.5 Å². The van der Waals surface area contributed by atoms with E-state index in [1.165, 1.54) is 11.3 Å². The molecule has 4 rings (SSSR count). The summed E-state index contributed by atoms with van der Waals surface area (Å²) in [4.78, 5) is 23.3. The zero-order valence-electron chi connectivity index (χ0n) is 16.4. The van der Waals surface area contributed by atoms with Gasteiger partial charge in [-0.3, -0.25) is 14.6 Å². The van der Waals surface area contributed by atoms with E-state index in [-0.39, 0.29) is 5.91 Å². The van der Waals surface area contributed by atoms with Crippen LogP contribution in [0.25, 0.3) is 10.2 Å². The summed E-state index contributed by atoms with van der Waals surface area (Å²) in [7, 11) is 0. The van der Waals surface area contributed by atoms with Crippen molar-refractivity contribution in [1.29, 1.82) is 0 Å². The first-order chi connectivity index (χ1) is 14.1. The van der Waals surface area contributed by atoms with Gasteiger partial charge in [-0.05, 0) is 36.4 Å². The van der Waals surface area contributed by atoms with Gasteiger partial charge in [-0.15, -0.1) is 11.3 Å². The second kappa shape index (κ2) is 9.53. The fraction of sp³-hybridized carbons (Fsp3) is 0.429. The van der Waals surface area contributed by atoms with Gasteiger partial charge in [0.2, 0.25) is 5.91 Å². The normalized spacial score (nSPS) is 15.1. The van der Waals surface area contributed by atoms with Gasteiger partial charge in [-0.25, -0.2) is 4.98 Å². The molecule has 0 unspecified atom stereocenters. The summed E-state index contributed by atoms with van der Waals surface area (Å²) in [5, 5.41) is 3.43. The molecule has 3 aromatic rings. The van der Waals surface area contributed by atoms with Gasteiger partial charge >= 0.3 is 0 Å². The molecule has 0 radical (unpaired) electrons. The Labute approximate surface area is 183 Å². The van der Waals surface area contributed by atoms with Crippen LogP contribution in [-0.2, 0) is 16.0 Å². The number of hydrogen-bond acceptors (Lipinski definition) is 6. The number of rotatable bonds is 7. The van der Waals surface area contributed by atoms with Crippen LogP contribution in [0, 0.1) is 6.92 Å². The van der Waals surface area contributed by atoms with Crippen LogP contribution in [0.4, 0.5) is 5.13 Å². The Balaban J connectivity index is 1.54. The molecule has 29 heavy (non-hydrogen) atoms. The summed E-state index contributed by atoms with van der Waals surface area (Å²) >= 11 is 9.52. The zero-order chi connectivity index (χ0) is 20.2. The average molecular weight is 450 g/mol. The van der Waals surface area contributed by atoms with Crippen molar-refractivity contribution < 1.29 is 9.53 Å². The lowest BCUT2D eigenvalue weighted by Gasteiger charge is -2.27. The fourth-order valence-electron chi connectivity index (χ4n) is 3.47. The van der Waals surface area contributed by atoms with Crippen LogP contribution in [0.15, 0.2) is 29.6 Å². The lowest BCUT2D eigenvalue weighted by molar-refractivity contribution is -0.118. The number of fused-ring (bicyclic) bond motifs is 1. The SMILES string of the molecule is Cc1ccc(Cl)c2sc(N(CCCN3CCOCC3)C(=O)Cc3cccs3)nc12. The van der Waals surface area contributed by atoms with Crippen LogP contribution in [0.1, 0.15) is 16.9 Å². The number of nitrogens with zero attached hydrogens (tertiary/aromatic N) is 3. The van der Waals surface area contributed by atoms with Crippen molar-refractivity contribution in [3.8, 4) is 0 Å². The highest BCUT2D eigenvalue weighted by Crippen LogP contribution is 2.36. The minimum Gasteiger partial charge on any atom is -0.379 e. The third-order valence-corrected chi connectivity index (χ3v) is 7.50. The number of anilines is 1. The van der Waals surface area contributed by atoms with Gasteiger partial charge in [0.25, 0.3) is 0 Å². The van der Waals surface area contributed by atoms with Gasteiger partial charge in [0, 0.05) is 31.1 Å². The number of carbonyl (C=O) groups excluding carboxylic acids is 1. The highest BCUT2D eigenvalue weighted by atomic mass is 35.5. The summed E-state index contributed by atoms with van der Waals surface area (Å²) in [5.74, 6) is 0.0854. The maximum atomic E-state index is 13.2. The summed E-state index contributed by atoms with van der Waals surface area (Å²) in [6.07, 6.45) is 1.30. The van der Waals surface area contributed by atoms with E-state index in [9.17, 15) is 4.79 Å². The lowest BCUT2D eigenvalue weighted by atomic mass is 10.2. The molecule has 0 bridgehead atoms. The van der Waals surface area contributed by atoms with Gasteiger partial charge in [0.1, 0.15) is 0 Å². The Hall–Kier alpha value is -1.51. The second-order valence-electron chi connectivity index (χ2n) is 7.15. The quantitative estimate of drug-likeness (QED) is 0.528. The number of benzene rings is 1. The number of thiazole rings is 1. The Bertz CT molecular complexity index is 929. The Kier molecular flexibility index (Phi) is 6.82. The number of thiophene rings is 1. The monoisotopic (exact) mass is 449 g/mol. The van der Waals surface area contributed by atoms with E-state index < -0.39 is 0 Å². The van der Waals surface area contributed by atoms with E-state index in [0.717, 1.165) is 65.1 Å². The first-order valence-corrected chi connectivity index (χ1v) is 11.9. The summed E-state index contributed by atoms with van der Waals surface area (Å²) in [5.41, 5.74) is 1.96. The van der Waals surface area contributed by atoms with Crippen molar-refractivity contribution in [2.75, 3.05) is 44.3 Å². The molecule has 0 aliphatic carbocycles. The molecule has 1 saturated heterocycles. The van der Waals surface area contributed by atoms with E-state index >= 15 is 0 Å². The van der Waals surface area contributed by atoms with E-state index in [1.54, 1.807) is 11.3 Å². The number of aryl methyl sites for hydroxylation is 1. The van der Waals surface area contributed by atoms with Crippen LogP contribution in [0.3, 0.4) is 0 Å². The van der Waals surface area contributed by atoms with Crippen molar-refractivity contribution in [1.82, 2.24) is 9.88 Å². The number of hydrogen-bond donors (Lipinski definition) is 0. The first-order valence-electron chi connectivity index (χ1n) is 9.80. The Morgan fingerprint density at radius 1 is 1.31 bits per heavy atom. The molecule has 8 heteroatoms. The van der Waals surface area contributed by atoms with Gasteiger partial charge in [-0.2, -0.15) is 0 Å². The molecule has 1 amide bonds. The van der Waals surface area contributed by atoms with Crippen molar-refractivity contribution in [2.45, 2.75) is 19.8 Å². The van der Waals surface area contributed by atoms with Crippen molar-refractivity contribution in [3.05, 3.63) is 45.1 Å². The average Bonchev–Trinajstić information content (AvgIpc) is 3.39. The van der Waals surface area contributed by atoms with Crippen LogP contribution < -0.4 is 4.90 Å². The molecule has 0 saturated carbocycles. The first kappa shape index (κ1) is 20.8. The van der Waals surface area contributed by atoms with Crippen molar-refractivity contribution in [2.24, 2.45) is 0 Å². The molecule has 2 aromatic heterocycles. The Morgan fingerprint density at radius 2 is 2.14 bits per heavy atom. The largest absolute Gasteiger partial charge is 0.379 e. The zero-order valence-corrected chi connectivity index (χ0v) is 18.8. The Morgan fingerprint density at radius 3 is 2.86 bits per heavy atom. The number of ether oxygens (including phenoxy) is 1. The van der Waals surface area contributed by atoms with Gasteiger partial charge in [0.05, 0.1) is 34.9 Å². The molecule has 1 aromatic carbocycles. The predicted octanol–water partition coefficient (Wildman–Crippen LogP) is 4.62. The van der Waals surface area contributed by atoms with Crippen LogP contribution >= 0.6 is 34.3 Å². The van der Waals surface area contributed by atoms with Crippen LogP contribution in [0.2, 0.25) is 5.02 Å². The van der Waals surface area contributed by atoms with Crippen molar-refractivity contribution in [3.63, 3.8) is 0 Å². The molecule has 1 aliphatic heterocycles. The van der Waals surface area contributed by atoms with Crippen LogP contribution in [0.5, 0.6) is 0 Å². The standard InChI is InChI=1S/C21H24ClN3O2S2/c1-15-5-6-17(22)20-19(15)23-21(29-20)25(18(26)14-16-4-2-13-28-16)8-3-7-24-9-11-27-12-10-24/h2,4-6,13H,3,7-12,14H2,1H3. The highest BCUT2D eigenvalue weighted by Gasteiger charge is 2.22. The van der Waals surface area contributed by atoms with E-state index in [4.69, 9.17) is 21.3 Å². The molecular formula is C21H24ClN3O2S2.